The Morgan fingerprint density at radius 1 is 0.885 bits per heavy atom. The first kappa shape index (κ1) is 21.3. The maximum Gasteiger partial charge on any atom is 0.407 e. The molecule has 0 heterocycles. The molecule has 8 heteroatoms. The first-order chi connectivity index (χ1) is 12.3. The molecule has 0 aliphatic rings. The van der Waals surface area contributed by atoms with Crippen LogP contribution >= 0.6 is 0 Å². The Kier molecular flexibility index (Phi) is 8.97. The van der Waals surface area contributed by atoms with Gasteiger partial charge in [0.25, 0.3) is 5.91 Å². The molecule has 0 aliphatic carbocycles. The lowest BCUT2D eigenvalue weighted by molar-refractivity contribution is -0.124. The second-order valence-corrected chi connectivity index (χ2v) is 6.48. The number of carbonyl (C=O) groups excluding carboxylic acids is 3. The summed E-state index contributed by atoms with van der Waals surface area (Å²) in [6.45, 7) is 5.97. The molecule has 1 aromatic rings. The first-order valence-corrected chi connectivity index (χ1v) is 8.44. The van der Waals surface area contributed by atoms with Crippen molar-refractivity contribution in [3.63, 3.8) is 0 Å². The maximum absolute atomic E-state index is 11.6. The predicted molar refractivity (Wildman–Crippen MR) is 96.8 cm³/mol. The number of amides is 3. The van der Waals surface area contributed by atoms with E-state index in [-0.39, 0.29) is 31.4 Å². The highest BCUT2D eigenvalue weighted by Gasteiger charge is 2.15. The van der Waals surface area contributed by atoms with Crippen LogP contribution in [0.2, 0.25) is 0 Å². The zero-order valence-electron chi connectivity index (χ0n) is 15.5. The van der Waals surface area contributed by atoms with Crippen molar-refractivity contribution in [1.82, 2.24) is 16.0 Å². The van der Waals surface area contributed by atoms with E-state index in [2.05, 4.69) is 16.0 Å². The van der Waals surface area contributed by atoms with Crippen molar-refractivity contribution in [1.29, 1.82) is 0 Å². The Hall–Kier alpha value is -2.77. The molecule has 144 valence electrons. The molecular weight excluding hydrogens is 338 g/mol. The van der Waals surface area contributed by atoms with Crippen LogP contribution in [-0.4, -0.2) is 49.7 Å². The molecule has 0 fully saturated rings. The summed E-state index contributed by atoms with van der Waals surface area (Å²) in [6, 6.07) is 9.02. The quantitative estimate of drug-likeness (QED) is 0.571. The maximum atomic E-state index is 11.6. The van der Waals surface area contributed by atoms with Gasteiger partial charge in [-0.2, -0.15) is 0 Å². The van der Waals surface area contributed by atoms with Crippen molar-refractivity contribution in [3.8, 4) is 5.75 Å². The average molecular weight is 365 g/mol. The molecule has 8 nitrogen and oxygen atoms in total. The van der Waals surface area contributed by atoms with Crippen LogP contribution in [0.25, 0.3) is 0 Å². The predicted octanol–water partition coefficient (Wildman–Crippen LogP) is 1.21. The Bertz CT molecular complexity index is 584. The molecule has 0 unspecified atom stereocenters. The Labute approximate surface area is 153 Å². The highest BCUT2D eigenvalue weighted by atomic mass is 16.6. The summed E-state index contributed by atoms with van der Waals surface area (Å²) in [5.74, 6) is 0.124. The molecule has 0 aliphatic heterocycles. The van der Waals surface area contributed by atoms with Crippen LogP contribution in [0.5, 0.6) is 5.75 Å². The minimum Gasteiger partial charge on any atom is -0.484 e. The van der Waals surface area contributed by atoms with Crippen molar-refractivity contribution in [2.45, 2.75) is 32.8 Å². The van der Waals surface area contributed by atoms with E-state index in [1.807, 2.05) is 18.2 Å². The van der Waals surface area contributed by atoms with Gasteiger partial charge in [0, 0.05) is 26.1 Å². The van der Waals surface area contributed by atoms with Crippen LogP contribution in [-0.2, 0) is 14.3 Å². The van der Waals surface area contributed by atoms with Crippen molar-refractivity contribution in [2.75, 3.05) is 26.2 Å². The molecule has 0 radical (unpaired) electrons. The number of alkyl carbamates (subject to hydrolysis) is 1. The second kappa shape index (κ2) is 11.0. The average Bonchev–Trinajstić information content (AvgIpc) is 2.56. The van der Waals surface area contributed by atoms with Crippen molar-refractivity contribution < 1.29 is 23.9 Å². The summed E-state index contributed by atoms with van der Waals surface area (Å²) >= 11 is 0. The van der Waals surface area contributed by atoms with E-state index < -0.39 is 11.7 Å². The van der Waals surface area contributed by atoms with E-state index in [4.69, 9.17) is 9.47 Å². The largest absolute Gasteiger partial charge is 0.484 e. The second-order valence-electron chi connectivity index (χ2n) is 6.48. The summed E-state index contributed by atoms with van der Waals surface area (Å²) in [5.41, 5.74) is -0.575. The number of rotatable bonds is 9. The van der Waals surface area contributed by atoms with Gasteiger partial charge in [-0.05, 0) is 32.9 Å². The van der Waals surface area contributed by atoms with Gasteiger partial charge >= 0.3 is 6.09 Å². The lowest BCUT2D eigenvalue weighted by Gasteiger charge is -2.19. The first-order valence-electron chi connectivity index (χ1n) is 8.44. The minimum atomic E-state index is -0.575. The minimum absolute atomic E-state index is 0.0855. The van der Waals surface area contributed by atoms with E-state index in [9.17, 15) is 14.4 Å². The molecule has 0 aromatic heterocycles. The zero-order valence-corrected chi connectivity index (χ0v) is 15.5. The highest BCUT2D eigenvalue weighted by Crippen LogP contribution is 2.07. The number of para-hydroxylation sites is 1. The third-order valence-electron chi connectivity index (χ3n) is 2.90. The molecule has 3 amide bonds. The molecule has 0 atom stereocenters. The molecule has 1 rings (SSSR count). The Morgan fingerprint density at radius 2 is 1.50 bits per heavy atom. The van der Waals surface area contributed by atoms with Gasteiger partial charge in [-0.15, -0.1) is 0 Å². The summed E-state index contributed by atoms with van der Waals surface area (Å²) in [4.78, 5) is 34.7. The van der Waals surface area contributed by atoms with E-state index in [1.165, 1.54) is 0 Å². The van der Waals surface area contributed by atoms with Gasteiger partial charge in [-0.25, -0.2) is 4.79 Å². The lowest BCUT2D eigenvalue weighted by Crippen LogP contribution is -2.38. The fraction of sp³-hybridized carbons (Fsp3) is 0.500. The zero-order chi connectivity index (χ0) is 19.4. The summed E-state index contributed by atoms with van der Waals surface area (Å²) in [6.07, 6.45) is -0.430. The summed E-state index contributed by atoms with van der Waals surface area (Å²) < 4.78 is 10.4. The molecule has 3 N–H and O–H groups in total. The van der Waals surface area contributed by atoms with E-state index >= 15 is 0 Å². The topological polar surface area (TPSA) is 106 Å². The number of hydrogen-bond donors (Lipinski definition) is 3. The van der Waals surface area contributed by atoms with Crippen molar-refractivity contribution in [2.24, 2.45) is 0 Å². The highest BCUT2D eigenvalue weighted by molar-refractivity contribution is 5.78. The van der Waals surface area contributed by atoms with E-state index in [0.717, 1.165) is 0 Å². The smallest absolute Gasteiger partial charge is 0.407 e. The lowest BCUT2D eigenvalue weighted by atomic mass is 10.2. The molecular formula is C18H27N3O5. The van der Waals surface area contributed by atoms with Crippen LogP contribution in [0.15, 0.2) is 30.3 Å². The SMILES string of the molecule is CC(C)(C)OC(=O)NCCC(=O)NCCNC(=O)COc1ccccc1. The van der Waals surface area contributed by atoms with E-state index in [1.54, 1.807) is 32.9 Å². The number of carbonyl (C=O) groups is 3. The van der Waals surface area contributed by atoms with E-state index in [0.29, 0.717) is 18.8 Å². The monoisotopic (exact) mass is 365 g/mol. The van der Waals surface area contributed by atoms with Gasteiger partial charge in [0.15, 0.2) is 6.61 Å². The van der Waals surface area contributed by atoms with Crippen LogP contribution in [0.4, 0.5) is 4.79 Å². The Balaban J connectivity index is 2.03. The summed E-state index contributed by atoms with van der Waals surface area (Å²) in [5, 5.41) is 7.79. The summed E-state index contributed by atoms with van der Waals surface area (Å²) in [7, 11) is 0. The van der Waals surface area contributed by atoms with Crippen molar-refractivity contribution >= 4 is 17.9 Å². The molecule has 0 saturated carbocycles. The van der Waals surface area contributed by atoms with Crippen LogP contribution < -0.4 is 20.7 Å². The fourth-order valence-electron chi connectivity index (χ4n) is 1.80. The van der Waals surface area contributed by atoms with Crippen LogP contribution in [0.3, 0.4) is 0 Å². The normalized spacial score (nSPS) is 10.6. The number of ether oxygens (including phenoxy) is 2. The van der Waals surface area contributed by atoms with Gasteiger partial charge in [0.05, 0.1) is 0 Å². The molecule has 0 saturated heterocycles. The van der Waals surface area contributed by atoms with Gasteiger partial charge < -0.3 is 25.4 Å². The molecule has 26 heavy (non-hydrogen) atoms. The number of hydrogen-bond acceptors (Lipinski definition) is 5. The number of nitrogens with one attached hydrogen (secondary N) is 3. The van der Waals surface area contributed by atoms with Gasteiger partial charge in [0.1, 0.15) is 11.4 Å². The number of benzene rings is 1. The molecule has 0 bridgehead atoms. The van der Waals surface area contributed by atoms with Crippen LogP contribution in [0, 0.1) is 0 Å². The van der Waals surface area contributed by atoms with Gasteiger partial charge in [-0.3, -0.25) is 9.59 Å². The molecule has 0 spiro atoms. The third kappa shape index (κ3) is 10.9. The fourth-order valence-corrected chi connectivity index (χ4v) is 1.80. The third-order valence-corrected chi connectivity index (χ3v) is 2.90. The van der Waals surface area contributed by atoms with Crippen LogP contribution in [0.1, 0.15) is 27.2 Å². The molecule has 1 aromatic carbocycles. The standard InChI is InChI=1S/C18H27N3O5/c1-18(2,3)26-17(24)21-10-9-15(22)19-11-12-20-16(23)13-25-14-7-5-4-6-8-14/h4-8H,9-13H2,1-3H3,(H,19,22)(H,20,23)(H,21,24). The van der Waals surface area contributed by atoms with Crippen molar-refractivity contribution in [3.05, 3.63) is 30.3 Å². The Morgan fingerprint density at radius 3 is 2.12 bits per heavy atom. The van der Waals surface area contributed by atoms with Gasteiger partial charge in [0.2, 0.25) is 5.91 Å². The van der Waals surface area contributed by atoms with Gasteiger partial charge in [-0.1, -0.05) is 18.2 Å².